The van der Waals surface area contributed by atoms with E-state index in [4.69, 9.17) is 5.73 Å². The summed E-state index contributed by atoms with van der Waals surface area (Å²) < 4.78 is 1.88. The molecule has 96 valence electrons. The number of hydrogen-bond donors (Lipinski definition) is 3. The van der Waals surface area contributed by atoms with Gasteiger partial charge in [0.15, 0.2) is 0 Å². The van der Waals surface area contributed by atoms with Crippen LogP contribution in [0.15, 0.2) is 18.6 Å². The van der Waals surface area contributed by atoms with Crippen molar-refractivity contribution in [3.63, 3.8) is 0 Å². The molecule has 0 radical (unpaired) electrons. The van der Waals surface area contributed by atoms with E-state index < -0.39 is 12.2 Å². The summed E-state index contributed by atoms with van der Waals surface area (Å²) in [6, 6.07) is 1.68. The molecule has 0 bridgehead atoms. The zero-order chi connectivity index (χ0) is 12.9. The maximum Gasteiger partial charge on any atom is 0.145 e. The summed E-state index contributed by atoms with van der Waals surface area (Å²) in [4.78, 5) is 8.15. The van der Waals surface area contributed by atoms with Crippen molar-refractivity contribution in [3.8, 4) is 0 Å². The van der Waals surface area contributed by atoms with E-state index >= 15 is 0 Å². The number of nitrogens with zero attached hydrogens (tertiary/aromatic N) is 3. The van der Waals surface area contributed by atoms with Crippen LogP contribution < -0.4 is 5.73 Å². The molecule has 0 spiro atoms. The minimum absolute atomic E-state index is 0.0710. The van der Waals surface area contributed by atoms with Gasteiger partial charge in [-0.2, -0.15) is 0 Å². The molecule has 6 nitrogen and oxygen atoms in total. The van der Waals surface area contributed by atoms with Crippen LogP contribution in [-0.4, -0.2) is 37.0 Å². The van der Waals surface area contributed by atoms with E-state index in [9.17, 15) is 10.2 Å². The number of rotatable bonds is 1. The lowest BCUT2D eigenvalue weighted by atomic mass is 10.1. The lowest BCUT2D eigenvalue weighted by Crippen LogP contribution is -2.28. The Kier molecular flexibility index (Phi) is 2.49. The summed E-state index contributed by atoms with van der Waals surface area (Å²) in [5.74, 6) is 0.501. The summed E-state index contributed by atoms with van der Waals surface area (Å²) in [6.07, 6.45) is 2.51. The quantitative estimate of drug-likeness (QED) is 0.675. The molecule has 2 aromatic rings. The first-order valence-corrected chi connectivity index (χ1v) is 6.02. The average Bonchev–Trinajstić information content (AvgIpc) is 2.88. The highest BCUT2D eigenvalue weighted by Gasteiger charge is 2.40. The molecule has 18 heavy (non-hydrogen) atoms. The third kappa shape index (κ3) is 1.49. The Hall–Kier alpha value is -1.66. The molecule has 1 unspecified atom stereocenters. The first-order valence-electron chi connectivity index (χ1n) is 6.02. The van der Waals surface area contributed by atoms with Crippen LogP contribution in [0.3, 0.4) is 0 Å². The fourth-order valence-electron chi connectivity index (χ4n) is 2.76. The van der Waals surface area contributed by atoms with Crippen LogP contribution in [0.4, 0.5) is 5.82 Å². The number of aliphatic hydroxyl groups is 2. The van der Waals surface area contributed by atoms with Crippen LogP contribution >= 0.6 is 0 Å². The van der Waals surface area contributed by atoms with Crippen molar-refractivity contribution in [3.05, 3.63) is 18.6 Å². The topological polar surface area (TPSA) is 97.2 Å². The van der Waals surface area contributed by atoms with Crippen LogP contribution in [0.5, 0.6) is 0 Å². The Balaban J connectivity index is 2.08. The molecule has 6 heteroatoms. The second kappa shape index (κ2) is 3.93. The van der Waals surface area contributed by atoms with Crippen LogP contribution in [0.25, 0.3) is 11.0 Å². The summed E-state index contributed by atoms with van der Waals surface area (Å²) in [6.45, 7) is 1.93. The molecule has 0 aromatic carbocycles. The zero-order valence-corrected chi connectivity index (χ0v) is 10.1. The summed E-state index contributed by atoms with van der Waals surface area (Å²) in [5, 5.41) is 20.7. The van der Waals surface area contributed by atoms with Gasteiger partial charge in [0.05, 0.1) is 17.5 Å². The molecule has 4 N–H and O–H groups in total. The second-order valence-electron chi connectivity index (χ2n) is 4.98. The lowest BCUT2D eigenvalue weighted by Gasteiger charge is -2.18. The Labute approximate surface area is 104 Å². The van der Waals surface area contributed by atoms with E-state index in [1.54, 1.807) is 0 Å². The van der Waals surface area contributed by atoms with Gasteiger partial charge in [-0.15, -0.1) is 0 Å². The number of aromatic nitrogens is 3. The number of nitrogen functional groups attached to an aromatic ring is 1. The van der Waals surface area contributed by atoms with Gasteiger partial charge in [-0.3, -0.25) is 0 Å². The van der Waals surface area contributed by atoms with E-state index in [1.165, 1.54) is 6.33 Å². The molecule has 1 aliphatic rings. The van der Waals surface area contributed by atoms with Gasteiger partial charge in [0.25, 0.3) is 0 Å². The predicted octanol–water partition coefficient (Wildman–Crippen LogP) is 0.316. The molecular weight excluding hydrogens is 232 g/mol. The standard InChI is InChI=1S/C12H16N4O2/c1-6-4-8(10(18)9(6)17)16-3-2-7-11(13)14-5-15-12(7)16/h2-3,5-6,8-10,17-18H,4H2,1H3,(H2,13,14,15)/t6-,8?,9+,10-/m0/s1. The lowest BCUT2D eigenvalue weighted by molar-refractivity contribution is 0.00971. The molecule has 2 heterocycles. The van der Waals surface area contributed by atoms with E-state index in [0.717, 1.165) is 11.8 Å². The fraction of sp³-hybridized carbons (Fsp3) is 0.500. The molecule has 2 aromatic heterocycles. The molecule has 4 atom stereocenters. The molecule has 0 amide bonds. The van der Waals surface area contributed by atoms with Crippen LogP contribution in [-0.2, 0) is 0 Å². The number of hydrogen-bond acceptors (Lipinski definition) is 5. The second-order valence-corrected chi connectivity index (χ2v) is 4.98. The normalized spacial score (nSPS) is 32.2. The molecule has 3 rings (SSSR count). The highest BCUT2D eigenvalue weighted by atomic mass is 16.3. The molecular formula is C12H16N4O2. The minimum atomic E-state index is -0.771. The van der Waals surface area contributed by atoms with Crippen molar-refractivity contribution in [2.45, 2.75) is 31.6 Å². The van der Waals surface area contributed by atoms with E-state index in [0.29, 0.717) is 11.5 Å². The van der Waals surface area contributed by atoms with Crippen molar-refractivity contribution >= 4 is 16.9 Å². The molecule has 0 aliphatic heterocycles. The summed E-state index contributed by atoms with van der Waals surface area (Å²) >= 11 is 0. The third-order valence-electron chi connectivity index (χ3n) is 3.84. The van der Waals surface area contributed by atoms with E-state index in [1.807, 2.05) is 23.8 Å². The van der Waals surface area contributed by atoms with Gasteiger partial charge in [-0.25, -0.2) is 9.97 Å². The molecule has 1 aliphatic carbocycles. The first kappa shape index (κ1) is 11.4. The van der Waals surface area contributed by atoms with Gasteiger partial charge >= 0.3 is 0 Å². The van der Waals surface area contributed by atoms with E-state index in [2.05, 4.69) is 9.97 Å². The Bertz CT molecular complexity index is 582. The van der Waals surface area contributed by atoms with E-state index in [-0.39, 0.29) is 12.0 Å². The number of anilines is 1. The summed E-state index contributed by atoms with van der Waals surface area (Å²) in [5.41, 5.74) is 6.48. The number of aliphatic hydroxyl groups excluding tert-OH is 2. The first-order chi connectivity index (χ1) is 8.59. The minimum Gasteiger partial charge on any atom is -0.390 e. The van der Waals surface area contributed by atoms with Gasteiger partial charge < -0.3 is 20.5 Å². The zero-order valence-electron chi connectivity index (χ0n) is 10.1. The largest absolute Gasteiger partial charge is 0.390 e. The highest BCUT2D eigenvalue weighted by molar-refractivity contribution is 5.86. The monoisotopic (exact) mass is 248 g/mol. The van der Waals surface area contributed by atoms with Gasteiger partial charge in [0.2, 0.25) is 0 Å². The van der Waals surface area contributed by atoms with Crippen LogP contribution in [0.2, 0.25) is 0 Å². The smallest absolute Gasteiger partial charge is 0.145 e. The fourth-order valence-corrected chi connectivity index (χ4v) is 2.76. The van der Waals surface area contributed by atoms with Gasteiger partial charge in [0.1, 0.15) is 23.9 Å². The van der Waals surface area contributed by atoms with Crippen molar-refractivity contribution < 1.29 is 10.2 Å². The molecule has 1 saturated carbocycles. The Morgan fingerprint density at radius 3 is 2.78 bits per heavy atom. The SMILES string of the molecule is C[C@H]1CC(n2ccc3c(N)ncnc32)[C@H](O)[C@@H]1O. The Morgan fingerprint density at radius 1 is 1.33 bits per heavy atom. The van der Waals surface area contributed by atoms with Crippen LogP contribution in [0.1, 0.15) is 19.4 Å². The van der Waals surface area contributed by atoms with Crippen molar-refractivity contribution in [2.24, 2.45) is 5.92 Å². The maximum absolute atomic E-state index is 10.1. The van der Waals surface area contributed by atoms with Gasteiger partial charge in [-0.05, 0) is 18.4 Å². The number of fused-ring (bicyclic) bond motifs is 1. The van der Waals surface area contributed by atoms with Gasteiger partial charge in [-0.1, -0.05) is 6.92 Å². The third-order valence-corrected chi connectivity index (χ3v) is 3.84. The van der Waals surface area contributed by atoms with Gasteiger partial charge in [0, 0.05) is 6.20 Å². The molecule has 1 fully saturated rings. The van der Waals surface area contributed by atoms with Crippen molar-refractivity contribution in [1.29, 1.82) is 0 Å². The molecule has 0 saturated heterocycles. The number of nitrogens with two attached hydrogens (primary N) is 1. The summed E-state index contributed by atoms with van der Waals surface area (Å²) in [7, 11) is 0. The maximum atomic E-state index is 10.1. The Morgan fingerprint density at radius 2 is 2.11 bits per heavy atom. The van der Waals surface area contributed by atoms with Crippen LogP contribution in [0, 0.1) is 5.92 Å². The van der Waals surface area contributed by atoms with Crippen molar-refractivity contribution in [2.75, 3.05) is 5.73 Å². The predicted molar refractivity (Wildman–Crippen MR) is 66.8 cm³/mol. The van der Waals surface area contributed by atoms with Crippen molar-refractivity contribution in [1.82, 2.24) is 14.5 Å². The highest BCUT2D eigenvalue weighted by Crippen LogP contribution is 2.37. The average molecular weight is 248 g/mol.